The maximum Gasteiger partial charge on any atom is 0.240 e. The molecule has 2 aromatic rings. The summed E-state index contributed by atoms with van der Waals surface area (Å²) in [6.45, 7) is 2.47. The van der Waals surface area contributed by atoms with E-state index in [1.807, 2.05) is 17.0 Å². The normalized spacial score (nSPS) is 15.5. The van der Waals surface area contributed by atoms with E-state index in [1.54, 1.807) is 12.4 Å². The van der Waals surface area contributed by atoms with Gasteiger partial charge in [-0.1, -0.05) is 12.1 Å². The molecule has 4 nitrogen and oxygen atoms in total. The molecule has 0 bridgehead atoms. The van der Waals surface area contributed by atoms with E-state index in [2.05, 4.69) is 57.2 Å². The second-order valence-corrected chi connectivity index (χ2v) is 7.40. The van der Waals surface area contributed by atoms with E-state index in [9.17, 15) is 4.79 Å². The number of aromatic nitrogens is 1. The second kappa shape index (κ2) is 8.58. The number of halogens is 1. The molecule has 1 aromatic carbocycles. The van der Waals surface area contributed by atoms with Crippen LogP contribution in [0.4, 0.5) is 0 Å². The Hall–Kier alpha value is -1.47. The van der Waals surface area contributed by atoms with Crippen molar-refractivity contribution in [1.82, 2.24) is 15.2 Å². The molecule has 0 saturated carbocycles. The number of carbonyl (C=O) groups excluding carboxylic acids is 1. The lowest BCUT2D eigenvalue weighted by Gasteiger charge is -2.24. The number of nitrogens with zero attached hydrogens (tertiary/aromatic N) is 2. The molecular formula is C19H22IN3O. The summed E-state index contributed by atoms with van der Waals surface area (Å²) >= 11 is 2.32. The van der Waals surface area contributed by atoms with Crippen molar-refractivity contribution in [3.8, 4) is 0 Å². The number of hydrogen-bond acceptors (Lipinski definition) is 3. The van der Waals surface area contributed by atoms with E-state index in [4.69, 9.17) is 0 Å². The van der Waals surface area contributed by atoms with Crippen molar-refractivity contribution >= 4 is 28.5 Å². The quantitative estimate of drug-likeness (QED) is 0.710. The Bertz CT molecular complexity index is 671. The van der Waals surface area contributed by atoms with Gasteiger partial charge in [0.25, 0.3) is 0 Å². The Morgan fingerprint density at radius 1 is 1.17 bits per heavy atom. The third kappa shape index (κ3) is 4.77. The molecule has 2 heterocycles. The van der Waals surface area contributed by atoms with Crippen LogP contribution >= 0.6 is 22.6 Å². The van der Waals surface area contributed by atoms with Crippen LogP contribution in [-0.2, 0) is 17.8 Å². The minimum atomic E-state index is -0.191. The van der Waals surface area contributed by atoms with Crippen molar-refractivity contribution < 1.29 is 4.79 Å². The fourth-order valence-corrected chi connectivity index (χ4v) is 3.65. The van der Waals surface area contributed by atoms with Gasteiger partial charge in [-0.2, -0.15) is 0 Å². The summed E-state index contributed by atoms with van der Waals surface area (Å²) in [6.07, 6.45) is 6.50. The fourth-order valence-electron chi connectivity index (χ4n) is 3.05. The van der Waals surface area contributed by atoms with Gasteiger partial charge < -0.3 is 10.2 Å². The van der Waals surface area contributed by atoms with Crippen LogP contribution in [0.5, 0.6) is 0 Å². The van der Waals surface area contributed by atoms with E-state index in [0.29, 0.717) is 13.0 Å². The zero-order chi connectivity index (χ0) is 16.8. The van der Waals surface area contributed by atoms with Gasteiger partial charge in [0.2, 0.25) is 5.91 Å². The van der Waals surface area contributed by atoms with Crippen LogP contribution in [0.15, 0.2) is 48.8 Å². The van der Waals surface area contributed by atoms with Crippen LogP contribution < -0.4 is 5.32 Å². The summed E-state index contributed by atoms with van der Waals surface area (Å²) in [5.41, 5.74) is 2.34. The minimum absolute atomic E-state index is 0.191. The third-order valence-corrected chi connectivity index (χ3v) is 5.02. The minimum Gasteiger partial charge on any atom is -0.341 e. The number of carbonyl (C=O) groups is 1. The summed E-state index contributed by atoms with van der Waals surface area (Å²) in [4.78, 5) is 18.9. The highest BCUT2D eigenvalue weighted by Gasteiger charge is 2.26. The smallest absolute Gasteiger partial charge is 0.240 e. The summed E-state index contributed by atoms with van der Waals surface area (Å²) in [6, 6.07) is 12.2. The zero-order valence-corrected chi connectivity index (χ0v) is 15.8. The molecule has 1 fully saturated rings. The Morgan fingerprint density at radius 2 is 1.92 bits per heavy atom. The lowest BCUT2D eigenvalue weighted by molar-refractivity contribution is -0.132. The summed E-state index contributed by atoms with van der Waals surface area (Å²) in [5.74, 6) is 0.218. The number of nitrogens with one attached hydrogen (secondary N) is 1. The van der Waals surface area contributed by atoms with Gasteiger partial charge in [0.05, 0.1) is 6.04 Å². The second-order valence-electron chi connectivity index (χ2n) is 6.16. The maximum atomic E-state index is 12.9. The number of pyridine rings is 1. The topological polar surface area (TPSA) is 45.2 Å². The Balaban J connectivity index is 1.69. The standard InChI is InChI=1S/C19H22IN3O/c20-17-5-3-4-16(12-17)14-22-18(13-15-6-8-21-9-7-15)19(24)23-10-1-2-11-23/h3-9,12,18,22H,1-2,10-11,13-14H2/t18-/m1/s1. The predicted molar refractivity (Wildman–Crippen MR) is 104 cm³/mol. The molecular weight excluding hydrogens is 413 g/mol. The van der Waals surface area contributed by atoms with Crippen molar-refractivity contribution in [2.45, 2.75) is 31.8 Å². The highest BCUT2D eigenvalue weighted by atomic mass is 127. The molecule has 24 heavy (non-hydrogen) atoms. The lowest BCUT2D eigenvalue weighted by Crippen LogP contribution is -2.46. The van der Waals surface area contributed by atoms with Crippen molar-refractivity contribution in [2.24, 2.45) is 0 Å². The molecule has 1 amide bonds. The number of rotatable bonds is 6. The van der Waals surface area contributed by atoms with Crippen molar-refractivity contribution in [3.05, 3.63) is 63.5 Å². The van der Waals surface area contributed by atoms with Crippen LogP contribution in [-0.4, -0.2) is 34.9 Å². The van der Waals surface area contributed by atoms with Crippen molar-refractivity contribution in [2.75, 3.05) is 13.1 Å². The van der Waals surface area contributed by atoms with E-state index >= 15 is 0 Å². The van der Waals surface area contributed by atoms with Gasteiger partial charge in [0, 0.05) is 35.6 Å². The fraction of sp³-hybridized carbons (Fsp3) is 0.368. The van der Waals surface area contributed by atoms with E-state index in [1.165, 1.54) is 9.13 Å². The molecule has 3 rings (SSSR count). The molecule has 1 N–H and O–H groups in total. The molecule has 0 unspecified atom stereocenters. The lowest BCUT2D eigenvalue weighted by atomic mass is 10.1. The van der Waals surface area contributed by atoms with Gasteiger partial charge in [-0.15, -0.1) is 0 Å². The monoisotopic (exact) mass is 435 g/mol. The van der Waals surface area contributed by atoms with Crippen molar-refractivity contribution in [3.63, 3.8) is 0 Å². The average molecular weight is 435 g/mol. The molecule has 1 aliphatic rings. The third-order valence-electron chi connectivity index (χ3n) is 4.35. The first-order valence-electron chi connectivity index (χ1n) is 8.38. The molecule has 5 heteroatoms. The van der Waals surface area contributed by atoms with Gasteiger partial charge >= 0.3 is 0 Å². The Morgan fingerprint density at radius 3 is 2.62 bits per heavy atom. The van der Waals surface area contributed by atoms with E-state index < -0.39 is 0 Å². The molecule has 0 aliphatic carbocycles. The van der Waals surface area contributed by atoms with Crippen LogP contribution in [0.2, 0.25) is 0 Å². The summed E-state index contributed by atoms with van der Waals surface area (Å²) < 4.78 is 1.21. The predicted octanol–water partition coefficient (Wildman–Crippen LogP) is 3.01. The largest absolute Gasteiger partial charge is 0.341 e. The number of amides is 1. The Kier molecular flexibility index (Phi) is 6.20. The Labute approximate surface area is 156 Å². The first-order valence-corrected chi connectivity index (χ1v) is 9.46. The SMILES string of the molecule is O=C([C@@H](Cc1ccncc1)NCc1cccc(I)c1)N1CCCC1. The molecule has 126 valence electrons. The number of hydrogen-bond donors (Lipinski definition) is 1. The molecule has 0 spiro atoms. The summed E-state index contributed by atoms with van der Waals surface area (Å²) in [5, 5.41) is 3.47. The summed E-state index contributed by atoms with van der Waals surface area (Å²) in [7, 11) is 0. The highest BCUT2D eigenvalue weighted by Crippen LogP contribution is 2.13. The molecule has 1 aromatic heterocycles. The average Bonchev–Trinajstić information content (AvgIpc) is 3.13. The first-order chi connectivity index (χ1) is 11.7. The maximum absolute atomic E-state index is 12.9. The van der Waals surface area contributed by atoms with Gasteiger partial charge in [-0.3, -0.25) is 9.78 Å². The van der Waals surface area contributed by atoms with E-state index in [0.717, 1.165) is 31.5 Å². The molecule has 1 atom stereocenters. The molecule has 0 radical (unpaired) electrons. The van der Waals surface area contributed by atoms with Gasteiger partial charge in [0.15, 0.2) is 0 Å². The first kappa shape index (κ1) is 17.4. The van der Waals surface area contributed by atoms with Crippen molar-refractivity contribution in [1.29, 1.82) is 0 Å². The number of likely N-dealkylation sites (tertiary alicyclic amines) is 1. The van der Waals surface area contributed by atoms with Crippen LogP contribution in [0.3, 0.4) is 0 Å². The van der Waals surface area contributed by atoms with Gasteiger partial charge in [-0.05, 0) is 77.2 Å². The molecule has 1 saturated heterocycles. The van der Waals surface area contributed by atoms with E-state index in [-0.39, 0.29) is 11.9 Å². The zero-order valence-electron chi connectivity index (χ0n) is 13.6. The van der Waals surface area contributed by atoms with Crippen LogP contribution in [0.25, 0.3) is 0 Å². The van der Waals surface area contributed by atoms with Crippen LogP contribution in [0, 0.1) is 3.57 Å². The van der Waals surface area contributed by atoms with Gasteiger partial charge in [-0.25, -0.2) is 0 Å². The number of benzene rings is 1. The van der Waals surface area contributed by atoms with Crippen LogP contribution in [0.1, 0.15) is 24.0 Å². The molecule has 1 aliphatic heterocycles. The van der Waals surface area contributed by atoms with Gasteiger partial charge in [0.1, 0.15) is 0 Å². The highest BCUT2D eigenvalue weighted by molar-refractivity contribution is 14.1.